The van der Waals surface area contributed by atoms with E-state index < -0.39 is 9.84 Å². The number of allylic oxidation sites excluding steroid dienone is 1. The molecule has 0 amide bonds. The van der Waals surface area contributed by atoms with Crippen molar-refractivity contribution in [1.82, 2.24) is 0 Å². The van der Waals surface area contributed by atoms with Gasteiger partial charge in [0.2, 0.25) is 0 Å². The van der Waals surface area contributed by atoms with Gasteiger partial charge >= 0.3 is 0 Å². The van der Waals surface area contributed by atoms with Crippen LogP contribution in [0, 0.1) is 0 Å². The molecule has 0 saturated carbocycles. The highest BCUT2D eigenvalue weighted by atomic mass is 32.2. The van der Waals surface area contributed by atoms with Gasteiger partial charge in [0.25, 0.3) is 0 Å². The smallest absolute Gasteiger partial charge is 0.178 e. The molecule has 0 unspecified atom stereocenters. The van der Waals surface area contributed by atoms with Crippen molar-refractivity contribution in [2.24, 2.45) is 0 Å². The molecule has 0 fully saturated rings. The lowest BCUT2D eigenvalue weighted by Gasteiger charge is -2.06. The van der Waals surface area contributed by atoms with Gasteiger partial charge in [0.15, 0.2) is 9.84 Å². The predicted molar refractivity (Wildman–Crippen MR) is 99.6 cm³/mol. The molecule has 23 heavy (non-hydrogen) atoms. The Kier molecular flexibility index (Phi) is 9.93. The Morgan fingerprint density at radius 2 is 1.57 bits per heavy atom. The Bertz CT molecular complexity index is 529. The molecule has 130 valence electrons. The van der Waals surface area contributed by atoms with Crippen molar-refractivity contribution in [3.63, 3.8) is 0 Å². The quantitative estimate of drug-likeness (QED) is 0.341. The van der Waals surface area contributed by atoms with Crippen molar-refractivity contribution in [3.05, 3.63) is 42.5 Å². The molecule has 0 heterocycles. The van der Waals surface area contributed by atoms with Gasteiger partial charge in [-0.3, -0.25) is 0 Å². The first kappa shape index (κ1) is 20.0. The zero-order valence-electron chi connectivity index (χ0n) is 14.6. The Labute approximate surface area is 142 Å². The minimum Gasteiger partial charge on any atom is -0.224 e. The van der Waals surface area contributed by atoms with E-state index in [0.29, 0.717) is 4.90 Å². The van der Waals surface area contributed by atoms with Crippen molar-refractivity contribution >= 4 is 9.84 Å². The van der Waals surface area contributed by atoms with Gasteiger partial charge in [-0.25, -0.2) is 8.42 Å². The van der Waals surface area contributed by atoms with Crippen LogP contribution in [0.3, 0.4) is 0 Å². The summed E-state index contributed by atoms with van der Waals surface area (Å²) in [5.74, 6) is 0.261. The number of benzene rings is 1. The highest BCUT2D eigenvalue weighted by molar-refractivity contribution is 7.91. The average Bonchev–Trinajstić information content (AvgIpc) is 2.55. The Balaban J connectivity index is 2.39. The molecule has 0 saturated heterocycles. The molecule has 0 spiro atoms. The molecule has 0 aliphatic rings. The van der Waals surface area contributed by atoms with Gasteiger partial charge in [0.1, 0.15) is 0 Å². The van der Waals surface area contributed by atoms with Crippen molar-refractivity contribution < 1.29 is 8.42 Å². The molecule has 0 aliphatic carbocycles. The summed E-state index contributed by atoms with van der Waals surface area (Å²) in [7, 11) is -3.12. The van der Waals surface area contributed by atoms with E-state index in [1.165, 1.54) is 31.2 Å². The lowest BCUT2D eigenvalue weighted by atomic mass is 10.1. The maximum atomic E-state index is 12.3. The van der Waals surface area contributed by atoms with Crippen LogP contribution in [-0.2, 0) is 16.3 Å². The molecule has 0 aliphatic heterocycles. The second kappa shape index (κ2) is 11.4. The van der Waals surface area contributed by atoms with Gasteiger partial charge in [0.05, 0.1) is 10.6 Å². The van der Waals surface area contributed by atoms with Crippen LogP contribution in [0.5, 0.6) is 0 Å². The van der Waals surface area contributed by atoms with E-state index in [4.69, 9.17) is 0 Å². The van der Waals surface area contributed by atoms with Crippen LogP contribution >= 0.6 is 0 Å². The molecule has 0 radical (unpaired) electrons. The highest BCUT2D eigenvalue weighted by Crippen LogP contribution is 2.16. The average molecular weight is 337 g/mol. The van der Waals surface area contributed by atoms with Crippen molar-refractivity contribution in [2.45, 2.75) is 76.0 Å². The SMILES string of the molecule is C=CCCCCCCS(=O)(=O)c1ccc(CCCCCC)cc1. The van der Waals surface area contributed by atoms with Gasteiger partial charge in [-0.1, -0.05) is 57.2 Å². The molecule has 2 nitrogen and oxygen atoms in total. The first-order valence-corrected chi connectivity index (χ1v) is 10.7. The van der Waals surface area contributed by atoms with Gasteiger partial charge in [-0.15, -0.1) is 6.58 Å². The molecular weight excluding hydrogens is 304 g/mol. The predicted octanol–water partition coefficient (Wildman–Crippen LogP) is 5.72. The van der Waals surface area contributed by atoms with Gasteiger partial charge < -0.3 is 0 Å². The van der Waals surface area contributed by atoms with E-state index in [9.17, 15) is 8.42 Å². The van der Waals surface area contributed by atoms with Gasteiger partial charge in [-0.2, -0.15) is 0 Å². The maximum absolute atomic E-state index is 12.3. The third-order valence-corrected chi connectivity index (χ3v) is 5.99. The zero-order valence-corrected chi connectivity index (χ0v) is 15.4. The second-order valence-corrected chi connectivity index (χ2v) is 8.37. The van der Waals surface area contributed by atoms with Crippen LogP contribution in [0.25, 0.3) is 0 Å². The third kappa shape index (κ3) is 8.36. The van der Waals surface area contributed by atoms with E-state index in [-0.39, 0.29) is 5.75 Å². The van der Waals surface area contributed by atoms with E-state index >= 15 is 0 Å². The molecule has 0 N–H and O–H groups in total. The number of unbranched alkanes of at least 4 members (excludes halogenated alkanes) is 7. The monoisotopic (exact) mass is 336 g/mol. The van der Waals surface area contributed by atoms with Crippen molar-refractivity contribution in [1.29, 1.82) is 0 Å². The summed E-state index contributed by atoms with van der Waals surface area (Å²) >= 11 is 0. The summed E-state index contributed by atoms with van der Waals surface area (Å²) in [4.78, 5) is 0.473. The number of rotatable bonds is 13. The molecule has 1 aromatic carbocycles. The summed E-state index contributed by atoms with van der Waals surface area (Å²) in [6.07, 6.45) is 12.9. The van der Waals surface area contributed by atoms with Crippen molar-refractivity contribution in [3.8, 4) is 0 Å². The number of aryl methyl sites for hydroxylation is 1. The van der Waals surface area contributed by atoms with Crippen LogP contribution < -0.4 is 0 Å². The highest BCUT2D eigenvalue weighted by Gasteiger charge is 2.13. The fourth-order valence-corrected chi connectivity index (χ4v) is 4.04. The summed E-state index contributed by atoms with van der Waals surface area (Å²) in [6.45, 7) is 5.90. The topological polar surface area (TPSA) is 34.1 Å². The fourth-order valence-electron chi connectivity index (χ4n) is 2.67. The Hall–Kier alpha value is -1.09. The van der Waals surface area contributed by atoms with E-state index in [1.807, 2.05) is 18.2 Å². The normalized spacial score (nSPS) is 11.5. The second-order valence-electron chi connectivity index (χ2n) is 6.27. The Morgan fingerprint density at radius 3 is 2.22 bits per heavy atom. The lowest BCUT2D eigenvalue weighted by molar-refractivity contribution is 0.588. The van der Waals surface area contributed by atoms with Crippen LogP contribution in [0.15, 0.2) is 41.8 Å². The zero-order chi connectivity index (χ0) is 17.0. The van der Waals surface area contributed by atoms with E-state index in [0.717, 1.165) is 38.5 Å². The summed E-state index contributed by atoms with van der Waals surface area (Å²) in [5, 5.41) is 0. The molecule has 3 heteroatoms. The molecular formula is C20H32O2S. The standard InChI is InChI=1S/C20H32O2S/c1-3-5-7-9-10-12-18-23(21,22)20-16-14-19(15-17-20)13-11-8-6-4-2/h3,14-17H,1,4-13,18H2,2H3. The van der Waals surface area contributed by atoms with Crippen molar-refractivity contribution in [2.75, 3.05) is 5.75 Å². The minimum atomic E-state index is -3.12. The lowest BCUT2D eigenvalue weighted by Crippen LogP contribution is -2.07. The molecule has 1 aromatic rings. The van der Waals surface area contributed by atoms with Crippen LogP contribution in [0.1, 0.15) is 70.3 Å². The first-order chi connectivity index (χ1) is 11.1. The van der Waals surface area contributed by atoms with Gasteiger partial charge in [-0.05, 0) is 49.8 Å². The van der Waals surface area contributed by atoms with Crippen LogP contribution in [0.2, 0.25) is 0 Å². The van der Waals surface area contributed by atoms with Crippen LogP contribution in [-0.4, -0.2) is 14.2 Å². The maximum Gasteiger partial charge on any atom is 0.178 e. The number of sulfone groups is 1. The van der Waals surface area contributed by atoms with E-state index in [1.54, 1.807) is 12.1 Å². The Morgan fingerprint density at radius 1 is 0.913 bits per heavy atom. The number of hydrogen-bond donors (Lipinski definition) is 0. The van der Waals surface area contributed by atoms with E-state index in [2.05, 4.69) is 13.5 Å². The molecule has 0 aromatic heterocycles. The minimum absolute atomic E-state index is 0.261. The third-order valence-electron chi connectivity index (χ3n) is 4.17. The molecule has 0 atom stereocenters. The number of hydrogen-bond acceptors (Lipinski definition) is 2. The summed E-state index contributed by atoms with van der Waals surface area (Å²) in [5.41, 5.74) is 1.24. The molecule has 0 bridgehead atoms. The largest absolute Gasteiger partial charge is 0.224 e. The summed E-state index contributed by atoms with van der Waals surface area (Å²) < 4.78 is 24.6. The fraction of sp³-hybridized carbons (Fsp3) is 0.600. The molecule has 1 rings (SSSR count). The first-order valence-electron chi connectivity index (χ1n) is 9.02. The van der Waals surface area contributed by atoms with Crippen LogP contribution in [0.4, 0.5) is 0 Å². The van der Waals surface area contributed by atoms with Gasteiger partial charge in [0, 0.05) is 0 Å². The summed E-state index contributed by atoms with van der Waals surface area (Å²) in [6, 6.07) is 7.51.